The standard InChI is InChI=1S/C29H24ClF5N4O3S2/c30-24-10-11-26(43-24)44(41,42)39-17-28(31,32)14-23(39)27(40)37-16-19-12-22(20-6-8-21(9-7-20)29(33,34)35)38-25(13-19)36-15-18-4-2-1-3-5-18/h1-13,23H,14-17H2,(H,36,38)(H,37,40)/t23-/m0/s1. The fourth-order valence-electron chi connectivity index (χ4n) is 4.67. The van der Waals surface area contributed by atoms with Gasteiger partial charge in [-0.3, -0.25) is 4.79 Å². The summed E-state index contributed by atoms with van der Waals surface area (Å²) in [5.41, 5.74) is 1.22. The normalized spacial score (nSPS) is 17.0. The molecule has 0 bridgehead atoms. The molecule has 2 N–H and O–H groups in total. The molecule has 0 radical (unpaired) electrons. The van der Waals surface area contributed by atoms with Gasteiger partial charge in [0, 0.05) is 25.1 Å². The summed E-state index contributed by atoms with van der Waals surface area (Å²) in [5.74, 6) is -4.02. The van der Waals surface area contributed by atoms with Crippen LogP contribution >= 0.6 is 22.9 Å². The Morgan fingerprint density at radius 1 is 1.00 bits per heavy atom. The number of aromatic nitrogens is 1. The SMILES string of the molecule is O=C(NCc1cc(NCc2ccccc2)nc(-c2ccc(C(F)(F)F)cc2)c1)[C@@H]1CC(F)(F)CN1S(=O)(=O)c1ccc(Cl)s1. The van der Waals surface area contributed by atoms with Crippen LogP contribution in [-0.2, 0) is 34.1 Å². The molecule has 1 aliphatic rings. The molecule has 0 aliphatic carbocycles. The second-order valence-corrected chi connectivity index (χ2v) is 13.9. The number of alkyl halides is 5. The molecule has 3 heterocycles. The largest absolute Gasteiger partial charge is 0.416 e. The molecule has 15 heteroatoms. The second-order valence-electron chi connectivity index (χ2n) is 10.1. The zero-order valence-electron chi connectivity index (χ0n) is 22.6. The molecule has 232 valence electrons. The number of carbonyl (C=O) groups excluding carboxylic acids is 1. The van der Waals surface area contributed by atoms with Crippen molar-refractivity contribution in [2.24, 2.45) is 0 Å². The number of halogens is 6. The Hall–Kier alpha value is -3.59. The maximum absolute atomic E-state index is 14.4. The molecule has 0 unspecified atom stereocenters. The van der Waals surface area contributed by atoms with E-state index >= 15 is 0 Å². The highest BCUT2D eigenvalue weighted by atomic mass is 35.5. The van der Waals surface area contributed by atoms with Gasteiger partial charge in [0.2, 0.25) is 5.91 Å². The van der Waals surface area contributed by atoms with Crippen LogP contribution in [0, 0.1) is 0 Å². The Morgan fingerprint density at radius 3 is 2.34 bits per heavy atom. The third-order valence-electron chi connectivity index (χ3n) is 6.82. The zero-order chi connectivity index (χ0) is 31.7. The Bertz CT molecular complexity index is 1750. The fourth-order valence-corrected chi connectivity index (χ4v) is 7.90. The van der Waals surface area contributed by atoms with E-state index in [0.717, 1.165) is 17.7 Å². The molecule has 0 saturated carbocycles. The molecule has 1 aliphatic heterocycles. The van der Waals surface area contributed by atoms with E-state index in [0.29, 0.717) is 44.8 Å². The summed E-state index contributed by atoms with van der Waals surface area (Å²) >= 11 is 6.54. The predicted octanol–water partition coefficient (Wildman–Crippen LogP) is 6.81. The maximum Gasteiger partial charge on any atom is 0.416 e. The lowest BCUT2D eigenvalue weighted by Crippen LogP contribution is -2.45. The highest BCUT2D eigenvalue weighted by Crippen LogP contribution is 2.38. The molecule has 1 fully saturated rings. The van der Waals surface area contributed by atoms with Gasteiger partial charge >= 0.3 is 6.18 Å². The van der Waals surface area contributed by atoms with Crippen LogP contribution in [0.25, 0.3) is 11.3 Å². The number of rotatable bonds is 9. The Balaban J connectivity index is 1.39. The van der Waals surface area contributed by atoms with Crippen molar-refractivity contribution in [3.63, 3.8) is 0 Å². The van der Waals surface area contributed by atoms with Crippen LogP contribution in [0.3, 0.4) is 0 Å². The first-order valence-corrected chi connectivity index (χ1v) is 15.7. The molecule has 1 amide bonds. The van der Waals surface area contributed by atoms with Gasteiger partial charge in [0.25, 0.3) is 15.9 Å². The molecule has 2 aromatic carbocycles. The molecule has 5 rings (SSSR count). The fraction of sp³-hybridized carbons (Fsp3) is 0.241. The van der Waals surface area contributed by atoms with Gasteiger partial charge in [-0.1, -0.05) is 54.1 Å². The summed E-state index contributed by atoms with van der Waals surface area (Å²) < 4.78 is 94.8. The number of nitrogens with one attached hydrogen (secondary N) is 2. The Labute approximate surface area is 258 Å². The Morgan fingerprint density at radius 2 is 1.70 bits per heavy atom. The van der Waals surface area contributed by atoms with Crippen molar-refractivity contribution >= 4 is 44.7 Å². The summed E-state index contributed by atoms with van der Waals surface area (Å²) in [7, 11) is -4.44. The number of amides is 1. The highest BCUT2D eigenvalue weighted by Gasteiger charge is 2.53. The van der Waals surface area contributed by atoms with Gasteiger partial charge in [0.05, 0.1) is 22.1 Å². The van der Waals surface area contributed by atoms with Crippen molar-refractivity contribution in [1.82, 2.24) is 14.6 Å². The number of sulfonamides is 1. The minimum absolute atomic E-state index is 0.147. The first kappa shape index (κ1) is 31.8. The zero-order valence-corrected chi connectivity index (χ0v) is 25.0. The number of thiophene rings is 1. The molecule has 7 nitrogen and oxygen atoms in total. The number of carbonyl (C=O) groups is 1. The number of anilines is 1. The van der Waals surface area contributed by atoms with Crippen LogP contribution in [0.15, 0.2) is 83.1 Å². The highest BCUT2D eigenvalue weighted by molar-refractivity contribution is 7.91. The van der Waals surface area contributed by atoms with Crippen LogP contribution in [0.1, 0.15) is 23.1 Å². The van der Waals surface area contributed by atoms with Gasteiger partial charge in [0.15, 0.2) is 0 Å². The molecular formula is C29H24ClF5N4O3S2. The minimum atomic E-state index is -4.52. The summed E-state index contributed by atoms with van der Waals surface area (Å²) in [6.45, 7) is -0.994. The number of benzene rings is 2. The van der Waals surface area contributed by atoms with Crippen molar-refractivity contribution in [3.05, 3.63) is 99.9 Å². The van der Waals surface area contributed by atoms with Crippen molar-refractivity contribution in [3.8, 4) is 11.3 Å². The lowest BCUT2D eigenvalue weighted by atomic mass is 10.1. The third-order valence-corrected chi connectivity index (χ3v) is 10.4. The average Bonchev–Trinajstić information content (AvgIpc) is 3.58. The molecule has 44 heavy (non-hydrogen) atoms. The van der Waals surface area contributed by atoms with Gasteiger partial charge < -0.3 is 10.6 Å². The summed E-state index contributed by atoms with van der Waals surface area (Å²) in [6.07, 6.45) is -5.52. The van der Waals surface area contributed by atoms with E-state index in [4.69, 9.17) is 11.6 Å². The monoisotopic (exact) mass is 670 g/mol. The first-order chi connectivity index (χ1) is 20.7. The predicted molar refractivity (Wildman–Crippen MR) is 157 cm³/mol. The lowest BCUT2D eigenvalue weighted by Gasteiger charge is -2.22. The lowest BCUT2D eigenvalue weighted by molar-refractivity contribution is -0.137. The summed E-state index contributed by atoms with van der Waals surface area (Å²) in [4.78, 5) is 17.7. The van der Waals surface area contributed by atoms with E-state index in [1.807, 2.05) is 30.3 Å². The molecule has 1 atom stereocenters. The van der Waals surface area contributed by atoms with Crippen molar-refractivity contribution in [2.45, 2.75) is 41.9 Å². The molecular weight excluding hydrogens is 647 g/mol. The quantitative estimate of drug-likeness (QED) is 0.191. The molecule has 4 aromatic rings. The third kappa shape index (κ3) is 7.37. The van der Waals surface area contributed by atoms with Gasteiger partial charge in [0.1, 0.15) is 16.1 Å². The average molecular weight is 671 g/mol. The molecule has 1 saturated heterocycles. The van der Waals surface area contributed by atoms with E-state index in [1.54, 1.807) is 12.1 Å². The van der Waals surface area contributed by atoms with Crippen LogP contribution in [-0.4, -0.2) is 42.1 Å². The number of nitrogens with zero attached hydrogens (tertiary/aromatic N) is 2. The van der Waals surface area contributed by atoms with Crippen molar-refractivity contribution in [1.29, 1.82) is 0 Å². The van der Waals surface area contributed by atoms with E-state index in [-0.39, 0.29) is 15.1 Å². The first-order valence-electron chi connectivity index (χ1n) is 13.1. The van der Waals surface area contributed by atoms with Gasteiger partial charge in [-0.2, -0.15) is 17.5 Å². The van der Waals surface area contributed by atoms with E-state index in [9.17, 15) is 35.2 Å². The van der Waals surface area contributed by atoms with Gasteiger partial charge in [-0.05, 0) is 47.5 Å². The van der Waals surface area contributed by atoms with Gasteiger partial charge in [-0.25, -0.2) is 22.2 Å². The summed E-state index contributed by atoms with van der Waals surface area (Å²) in [6, 6.07) is 17.7. The number of pyridine rings is 1. The van der Waals surface area contributed by atoms with Crippen LogP contribution in [0.2, 0.25) is 4.34 Å². The van der Waals surface area contributed by atoms with Crippen molar-refractivity contribution in [2.75, 3.05) is 11.9 Å². The van der Waals surface area contributed by atoms with Crippen molar-refractivity contribution < 1.29 is 35.2 Å². The van der Waals surface area contributed by atoms with Gasteiger partial charge in [-0.15, -0.1) is 11.3 Å². The minimum Gasteiger partial charge on any atom is -0.366 e. The van der Waals surface area contributed by atoms with E-state index < -0.39 is 52.6 Å². The number of hydrogen-bond acceptors (Lipinski definition) is 6. The maximum atomic E-state index is 14.4. The number of hydrogen-bond donors (Lipinski definition) is 2. The van der Waals surface area contributed by atoms with Crippen LogP contribution in [0.4, 0.5) is 27.8 Å². The van der Waals surface area contributed by atoms with E-state index in [1.165, 1.54) is 24.3 Å². The summed E-state index contributed by atoms with van der Waals surface area (Å²) in [5, 5.41) is 5.69. The van der Waals surface area contributed by atoms with E-state index in [2.05, 4.69) is 15.6 Å². The van der Waals surface area contributed by atoms with Crippen LogP contribution < -0.4 is 10.6 Å². The van der Waals surface area contributed by atoms with Crippen LogP contribution in [0.5, 0.6) is 0 Å². The molecule has 0 spiro atoms. The Kier molecular flexibility index (Phi) is 8.99. The second kappa shape index (κ2) is 12.4. The topological polar surface area (TPSA) is 91.4 Å². The molecule has 2 aromatic heterocycles. The smallest absolute Gasteiger partial charge is 0.366 e.